The van der Waals surface area contributed by atoms with E-state index in [1.807, 2.05) is 0 Å². The maximum Gasteiger partial charge on any atom is 0.311 e. The predicted octanol–water partition coefficient (Wildman–Crippen LogP) is 0.0698. The van der Waals surface area contributed by atoms with Crippen LogP contribution in [0.2, 0.25) is 0 Å². The van der Waals surface area contributed by atoms with Gasteiger partial charge in [0.1, 0.15) is 11.7 Å². The number of hydrogen-bond acceptors (Lipinski definition) is 4. The lowest BCUT2D eigenvalue weighted by Crippen LogP contribution is -2.59. The first kappa shape index (κ1) is 10.5. The van der Waals surface area contributed by atoms with Crippen molar-refractivity contribution in [3.8, 4) is 0 Å². The molecule has 1 fully saturated rings. The maximum atomic E-state index is 11.2. The number of esters is 1. The van der Waals surface area contributed by atoms with Crippen molar-refractivity contribution < 1.29 is 19.7 Å². The van der Waals surface area contributed by atoms with Crippen LogP contribution in [0.4, 0.5) is 0 Å². The van der Waals surface area contributed by atoms with Gasteiger partial charge in [-0.2, -0.15) is 0 Å². The zero-order valence-corrected chi connectivity index (χ0v) is 8.15. The van der Waals surface area contributed by atoms with Crippen LogP contribution in [0.5, 0.6) is 0 Å². The molecule has 1 rings (SSSR count). The van der Waals surface area contributed by atoms with Gasteiger partial charge < -0.3 is 14.9 Å². The van der Waals surface area contributed by atoms with E-state index in [2.05, 4.69) is 0 Å². The van der Waals surface area contributed by atoms with E-state index < -0.39 is 29.7 Å². The molecule has 1 aliphatic rings. The summed E-state index contributed by atoms with van der Waals surface area (Å²) >= 11 is 0. The molecule has 0 unspecified atom stereocenters. The fraction of sp³-hybridized carbons (Fsp3) is 0.889. The minimum Gasteiger partial charge on any atom is -0.459 e. The highest BCUT2D eigenvalue weighted by Gasteiger charge is 2.49. The smallest absolute Gasteiger partial charge is 0.311 e. The van der Waals surface area contributed by atoms with Crippen molar-refractivity contribution in [1.29, 1.82) is 0 Å². The van der Waals surface area contributed by atoms with E-state index in [0.29, 0.717) is 6.42 Å². The number of cyclic esters (lactones) is 1. The van der Waals surface area contributed by atoms with Gasteiger partial charge in [-0.1, -0.05) is 6.92 Å². The maximum absolute atomic E-state index is 11.2. The lowest BCUT2D eigenvalue weighted by atomic mass is 9.81. The van der Waals surface area contributed by atoms with E-state index in [9.17, 15) is 15.0 Å². The Hall–Kier alpha value is -0.610. The SMILES string of the molecule is CC[C@H]1OC(=O)[C@@H](C)[C@@H](O)[C@]1(C)O. The standard InChI is InChI=1S/C9H16O4/c1-4-6-9(3,12)7(10)5(2)8(11)13-6/h5-7,10,12H,4H2,1-3H3/t5-,6+,7+,9+/m0/s1. The number of aliphatic hydroxyl groups is 2. The van der Waals surface area contributed by atoms with E-state index in [4.69, 9.17) is 4.74 Å². The first-order valence-corrected chi connectivity index (χ1v) is 4.52. The van der Waals surface area contributed by atoms with Crippen LogP contribution in [0.25, 0.3) is 0 Å². The Balaban J connectivity index is 2.88. The van der Waals surface area contributed by atoms with E-state index in [0.717, 1.165) is 0 Å². The molecule has 0 bridgehead atoms. The van der Waals surface area contributed by atoms with Gasteiger partial charge in [0.15, 0.2) is 0 Å². The molecule has 0 aromatic heterocycles. The van der Waals surface area contributed by atoms with Gasteiger partial charge in [0, 0.05) is 0 Å². The van der Waals surface area contributed by atoms with Gasteiger partial charge in [-0.15, -0.1) is 0 Å². The average Bonchev–Trinajstić information content (AvgIpc) is 2.08. The van der Waals surface area contributed by atoms with Crippen LogP contribution in [0.3, 0.4) is 0 Å². The minimum atomic E-state index is -1.33. The molecule has 0 aromatic rings. The molecule has 1 saturated heterocycles. The molecule has 76 valence electrons. The Labute approximate surface area is 77.5 Å². The molecule has 4 heteroatoms. The summed E-state index contributed by atoms with van der Waals surface area (Å²) in [7, 11) is 0. The van der Waals surface area contributed by atoms with E-state index in [1.54, 1.807) is 13.8 Å². The predicted molar refractivity (Wildman–Crippen MR) is 46.0 cm³/mol. The monoisotopic (exact) mass is 188 g/mol. The van der Waals surface area contributed by atoms with E-state index >= 15 is 0 Å². The van der Waals surface area contributed by atoms with Gasteiger partial charge in [0.05, 0.1) is 12.0 Å². The number of ether oxygens (including phenoxy) is 1. The van der Waals surface area contributed by atoms with E-state index in [1.165, 1.54) is 6.92 Å². The van der Waals surface area contributed by atoms with Crippen molar-refractivity contribution in [3.05, 3.63) is 0 Å². The van der Waals surface area contributed by atoms with Crippen molar-refractivity contribution in [3.63, 3.8) is 0 Å². The Morgan fingerprint density at radius 3 is 2.62 bits per heavy atom. The van der Waals surface area contributed by atoms with Crippen molar-refractivity contribution in [2.24, 2.45) is 5.92 Å². The van der Waals surface area contributed by atoms with Gasteiger partial charge in [0.25, 0.3) is 0 Å². The van der Waals surface area contributed by atoms with Crippen LogP contribution >= 0.6 is 0 Å². The summed E-state index contributed by atoms with van der Waals surface area (Å²) in [5.41, 5.74) is -1.33. The second-order valence-corrected chi connectivity index (χ2v) is 3.79. The molecule has 4 atom stereocenters. The zero-order chi connectivity index (χ0) is 10.2. The summed E-state index contributed by atoms with van der Waals surface area (Å²) in [5.74, 6) is -1.09. The molecule has 1 aliphatic heterocycles. The fourth-order valence-electron chi connectivity index (χ4n) is 1.69. The van der Waals surface area contributed by atoms with Crippen molar-refractivity contribution in [2.75, 3.05) is 0 Å². The Morgan fingerprint density at radius 1 is 1.62 bits per heavy atom. The first-order chi connectivity index (χ1) is 5.91. The third kappa shape index (κ3) is 1.56. The number of carbonyl (C=O) groups is 1. The Bertz CT molecular complexity index is 208. The second kappa shape index (κ2) is 3.27. The van der Waals surface area contributed by atoms with Crippen molar-refractivity contribution in [1.82, 2.24) is 0 Å². The van der Waals surface area contributed by atoms with Gasteiger partial charge >= 0.3 is 5.97 Å². The number of hydrogen-bond donors (Lipinski definition) is 2. The number of carbonyl (C=O) groups excluding carboxylic acids is 1. The van der Waals surface area contributed by atoms with Gasteiger partial charge in [-0.3, -0.25) is 4.79 Å². The quantitative estimate of drug-likeness (QED) is 0.571. The summed E-state index contributed by atoms with van der Waals surface area (Å²) in [6.07, 6.45) is -1.15. The van der Waals surface area contributed by atoms with E-state index in [-0.39, 0.29) is 0 Å². The van der Waals surface area contributed by atoms with Crippen LogP contribution in [0.15, 0.2) is 0 Å². The largest absolute Gasteiger partial charge is 0.459 e. The van der Waals surface area contributed by atoms with Crippen LogP contribution in [-0.4, -0.2) is 34.0 Å². The molecule has 0 radical (unpaired) electrons. The molecule has 2 N–H and O–H groups in total. The van der Waals surface area contributed by atoms with Gasteiger partial charge in [0.2, 0.25) is 0 Å². The summed E-state index contributed by atoms with van der Waals surface area (Å²) in [6, 6.07) is 0. The highest BCUT2D eigenvalue weighted by Crippen LogP contribution is 2.31. The second-order valence-electron chi connectivity index (χ2n) is 3.79. The zero-order valence-electron chi connectivity index (χ0n) is 8.15. The molecule has 0 saturated carbocycles. The molecular weight excluding hydrogens is 172 g/mol. The molecule has 0 aliphatic carbocycles. The van der Waals surface area contributed by atoms with Gasteiger partial charge in [-0.05, 0) is 20.3 Å². The molecule has 0 aromatic carbocycles. The third-order valence-corrected chi connectivity index (χ3v) is 2.73. The normalized spacial score (nSPS) is 45.9. The van der Waals surface area contributed by atoms with Crippen LogP contribution in [0, 0.1) is 5.92 Å². The molecule has 1 heterocycles. The molecule has 4 nitrogen and oxygen atoms in total. The summed E-state index contributed by atoms with van der Waals surface area (Å²) in [6.45, 7) is 4.84. The summed E-state index contributed by atoms with van der Waals surface area (Å²) in [4.78, 5) is 11.2. The number of rotatable bonds is 1. The highest BCUT2D eigenvalue weighted by atomic mass is 16.6. The molecule has 0 spiro atoms. The molecule has 0 amide bonds. The van der Waals surface area contributed by atoms with Crippen LogP contribution in [0.1, 0.15) is 27.2 Å². The van der Waals surface area contributed by atoms with Gasteiger partial charge in [-0.25, -0.2) is 0 Å². The number of aliphatic hydroxyl groups excluding tert-OH is 1. The summed E-state index contributed by atoms with van der Waals surface area (Å²) in [5, 5.41) is 19.5. The highest BCUT2D eigenvalue weighted by molar-refractivity contribution is 5.74. The summed E-state index contributed by atoms with van der Waals surface area (Å²) < 4.78 is 4.98. The average molecular weight is 188 g/mol. The van der Waals surface area contributed by atoms with Crippen molar-refractivity contribution in [2.45, 2.75) is 45.0 Å². The fourth-order valence-corrected chi connectivity index (χ4v) is 1.69. The molecular formula is C9H16O4. The van der Waals surface area contributed by atoms with Crippen LogP contribution in [-0.2, 0) is 9.53 Å². The van der Waals surface area contributed by atoms with Crippen molar-refractivity contribution >= 4 is 5.97 Å². The minimum absolute atomic E-state index is 0.439. The topological polar surface area (TPSA) is 66.8 Å². The van der Waals surface area contributed by atoms with Crippen LogP contribution < -0.4 is 0 Å². The third-order valence-electron chi connectivity index (χ3n) is 2.73. The Morgan fingerprint density at radius 2 is 2.15 bits per heavy atom. The molecule has 13 heavy (non-hydrogen) atoms. The lowest BCUT2D eigenvalue weighted by Gasteiger charge is -2.42. The Kier molecular flexibility index (Phi) is 2.63. The lowest BCUT2D eigenvalue weighted by molar-refractivity contribution is -0.217. The first-order valence-electron chi connectivity index (χ1n) is 4.52.